The molecule has 1 aliphatic heterocycles. The van der Waals surface area contributed by atoms with E-state index in [0.29, 0.717) is 12.0 Å². The molecule has 124 valence electrons. The zero-order chi connectivity index (χ0) is 15.8. The van der Waals surface area contributed by atoms with E-state index in [2.05, 4.69) is 53.9 Å². The van der Waals surface area contributed by atoms with Crippen LogP contribution >= 0.6 is 11.3 Å². The van der Waals surface area contributed by atoms with Gasteiger partial charge in [0.15, 0.2) is 5.96 Å². The van der Waals surface area contributed by atoms with Crippen LogP contribution in [0.5, 0.6) is 0 Å². The van der Waals surface area contributed by atoms with E-state index in [1.54, 1.807) is 0 Å². The minimum atomic E-state index is 0.572. The van der Waals surface area contributed by atoms with Crippen molar-refractivity contribution in [3.63, 3.8) is 0 Å². The first kappa shape index (κ1) is 17.3. The molecule has 0 radical (unpaired) electrons. The largest absolute Gasteiger partial charge is 0.357 e. The molecule has 1 aliphatic rings. The number of hydrogen-bond donors (Lipinski definition) is 2. The Hall–Kier alpha value is -1.07. The molecule has 1 fully saturated rings. The molecule has 22 heavy (non-hydrogen) atoms. The predicted octanol–water partition coefficient (Wildman–Crippen LogP) is 2.58. The number of thiophene rings is 1. The minimum Gasteiger partial charge on any atom is -0.357 e. The average molecular weight is 323 g/mol. The maximum Gasteiger partial charge on any atom is 0.191 e. The van der Waals surface area contributed by atoms with Gasteiger partial charge in [-0.15, -0.1) is 11.3 Å². The van der Waals surface area contributed by atoms with Gasteiger partial charge >= 0.3 is 0 Å². The summed E-state index contributed by atoms with van der Waals surface area (Å²) in [5, 5.41) is 9.01. The van der Waals surface area contributed by atoms with Crippen LogP contribution in [-0.4, -0.2) is 50.1 Å². The lowest BCUT2D eigenvalue weighted by Gasteiger charge is -2.21. The van der Waals surface area contributed by atoms with Crippen molar-refractivity contribution in [3.8, 4) is 0 Å². The third-order valence-electron chi connectivity index (χ3n) is 4.21. The summed E-state index contributed by atoms with van der Waals surface area (Å²) in [6, 6.07) is 4.98. The Bertz CT molecular complexity index is 444. The van der Waals surface area contributed by atoms with Crippen molar-refractivity contribution in [2.45, 2.75) is 39.2 Å². The van der Waals surface area contributed by atoms with Gasteiger partial charge in [0.1, 0.15) is 0 Å². The molecule has 2 heterocycles. The molecule has 0 bridgehead atoms. The molecular formula is C17H30N4S. The van der Waals surface area contributed by atoms with E-state index in [9.17, 15) is 0 Å². The standard InChI is InChI=1S/C17H30N4S/c1-4-18-17(20-13-15-7-5-9-21(15)3)19-12-14(2)11-16-8-6-10-22-16/h6,8,10,14-15H,4-5,7,9,11-13H2,1-3H3,(H2,18,19,20). The Kier molecular flexibility index (Phi) is 7.19. The fraction of sp³-hybridized carbons (Fsp3) is 0.706. The molecule has 5 heteroatoms. The van der Waals surface area contributed by atoms with Crippen molar-refractivity contribution in [2.75, 3.05) is 33.2 Å². The van der Waals surface area contributed by atoms with E-state index < -0.39 is 0 Å². The van der Waals surface area contributed by atoms with Crippen LogP contribution in [0.2, 0.25) is 0 Å². The van der Waals surface area contributed by atoms with Crippen LogP contribution in [0.15, 0.2) is 22.5 Å². The van der Waals surface area contributed by atoms with E-state index in [0.717, 1.165) is 32.0 Å². The van der Waals surface area contributed by atoms with Crippen LogP contribution in [-0.2, 0) is 6.42 Å². The van der Waals surface area contributed by atoms with Gasteiger partial charge < -0.3 is 15.5 Å². The average Bonchev–Trinajstić information content (AvgIpc) is 3.14. The monoisotopic (exact) mass is 322 g/mol. The Morgan fingerprint density at radius 3 is 3.00 bits per heavy atom. The van der Waals surface area contributed by atoms with E-state index in [-0.39, 0.29) is 0 Å². The SMILES string of the molecule is CCNC(=NCC(C)Cc1cccs1)NCC1CCCN1C. The number of guanidine groups is 1. The highest BCUT2D eigenvalue weighted by Crippen LogP contribution is 2.15. The molecule has 2 atom stereocenters. The van der Waals surface area contributed by atoms with Gasteiger partial charge in [-0.05, 0) is 57.1 Å². The number of likely N-dealkylation sites (N-methyl/N-ethyl adjacent to an activating group) is 1. The van der Waals surface area contributed by atoms with Gasteiger partial charge in [-0.1, -0.05) is 13.0 Å². The zero-order valence-electron chi connectivity index (χ0n) is 14.1. The van der Waals surface area contributed by atoms with Gasteiger partial charge in [-0.3, -0.25) is 4.99 Å². The number of rotatable bonds is 7. The lowest BCUT2D eigenvalue weighted by molar-refractivity contribution is 0.309. The summed E-state index contributed by atoms with van der Waals surface area (Å²) in [6.45, 7) is 8.38. The second-order valence-corrected chi connectivity index (χ2v) is 7.30. The maximum absolute atomic E-state index is 4.76. The summed E-state index contributed by atoms with van der Waals surface area (Å²) in [5.74, 6) is 1.53. The van der Waals surface area contributed by atoms with Crippen LogP contribution in [0.3, 0.4) is 0 Å². The smallest absolute Gasteiger partial charge is 0.191 e. The molecule has 2 unspecified atom stereocenters. The first-order valence-electron chi connectivity index (χ1n) is 8.43. The normalized spacial score (nSPS) is 21.0. The lowest BCUT2D eigenvalue weighted by atomic mass is 10.1. The van der Waals surface area contributed by atoms with E-state index in [1.165, 1.54) is 24.3 Å². The van der Waals surface area contributed by atoms with Gasteiger partial charge in [0, 0.05) is 30.6 Å². The number of nitrogens with zero attached hydrogens (tertiary/aromatic N) is 2. The Labute approximate surface area is 139 Å². The van der Waals surface area contributed by atoms with Crippen molar-refractivity contribution < 1.29 is 0 Å². The maximum atomic E-state index is 4.76. The lowest BCUT2D eigenvalue weighted by Crippen LogP contribution is -2.44. The van der Waals surface area contributed by atoms with Crippen molar-refractivity contribution in [1.29, 1.82) is 0 Å². The van der Waals surface area contributed by atoms with Crippen LogP contribution in [0.1, 0.15) is 31.6 Å². The summed E-state index contributed by atoms with van der Waals surface area (Å²) in [7, 11) is 2.21. The van der Waals surface area contributed by atoms with Crippen molar-refractivity contribution in [1.82, 2.24) is 15.5 Å². The Balaban J connectivity index is 1.78. The molecule has 0 spiro atoms. The fourth-order valence-corrected chi connectivity index (χ4v) is 3.75. The Morgan fingerprint density at radius 2 is 2.36 bits per heavy atom. The number of aliphatic imine (C=N–C) groups is 1. The Morgan fingerprint density at radius 1 is 1.50 bits per heavy atom. The van der Waals surface area contributed by atoms with E-state index in [4.69, 9.17) is 4.99 Å². The highest BCUT2D eigenvalue weighted by atomic mass is 32.1. The first-order valence-corrected chi connectivity index (χ1v) is 9.31. The molecule has 1 aromatic heterocycles. The van der Waals surface area contributed by atoms with Crippen LogP contribution < -0.4 is 10.6 Å². The topological polar surface area (TPSA) is 39.7 Å². The van der Waals surface area contributed by atoms with E-state index >= 15 is 0 Å². The second kappa shape index (κ2) is 9.16. The van der Waals surface area contributed by atoms with Gasteiger partial charge in [0.05, 0.1) is 0 Å². The molecule has 0 saturated carbocycles. The van der Waals surface area contributed by atoms with Gasteiger partial charge in [-0.25, -0.2) is 0 Å². The van der Waals surface area contributed by atoms with Crippen LogP contribution in [0.4, 0.5) is 0 Å². The summed E-state index contributed by atoms with van der Waals surface area (Å²) in [4.78, 5) is 8.65. The summed E-state index contributed by atoms with van der Waals surface area (Å²) < 4.78 is 0. The molecule has 4 nitrogen and oxygen atoms in total. The predicted molar refractivity (Wildman–Crippen MR) is 96.8 cm³/mol. The molecule has 0 amide bonds. The summed E-state index contributed by atoms with van der Waals surface area (Å²) in [6.07, 6.45) is 3.72. The molecule has 0 aromatic carbocycles. The summed E-state index contributed by atoms with van der Waals surface area (Å²) >= 11 is 1.84. The number of likely N-dealkylation sites (tertiary alicyclic amines) is 1. The highest BCUT2D eigenvalue weighted by Gasteiger charge is 2.20. The van der Waals surface area contributed by atoms with Crippen LogP contribution in [0.25, 0.3) is 0 Å². The van der Waals surface area contributed by atoms with Crippen molar-refractivity contribution in [2.24, 2.45) is 10.9 Å². The highest BCUT2D eigenvalue weighted by molar-refractivity contribution is 7.09. The quantitative estimate of drug-likeness (QED) is 0.599. The second-order valence-electron chi connectivity index (χ2n) is 6.27. The molecule has 1 aromatic rings. The number of nitrogens with one attached hydrogen (secondary N) is 2. The zero-order valence-corrected chi connectivity index (χ0v) is 15.0. The van der Waals surface area contributed by atoms with Crippen LogP contribution in [0, 0.1) is 5.92 Å². The molecular weight excluding hydrogens is 292 g/mol. The molecule has 2 rings (SSSR count). The van der Waals surface area contributed by atoms with Gasteiger partial charge in [0.25, 0.3) is 0 Å². The third kappa shape index (κ3) is 5.61. The summed E-state index contributed by atoms with van der Waals surface area (Å²) in [5.41, 5.74) is 0. The fourth-order valence-electron chi connectivity index (χ4n) is 2.88. The third-order valence-corrected chi connectivity index (χ3v) is 5.11. The minimum absolute atomic E-state index is 0.572. The van der Waals surface area contributed by atoms with Crippen molar-refractivity contribution in [3.05, 3.63) is 22.4 Å². The molecule has 0 aliphatic carbocycles. The van der Waals surface area contributed by atoms with Gasteiger partial charge in [-0.2, -0.15) is 0 Å². The van der Waals surface area contributed by atoms with Gasteiger partial charge in [0.2, 0.25) is 0 Å². The molecule has 1 saturated heterocycles. The first-order chi connectivity index (χ1) is 10.7. The van der Waals surface area contributed by atoms with E-state index in [1.807, 2.05) is 11.3 Å². The van der Waals surface area contributed by atoms with Crippen molar-refractivity contribution >= 4 is 17.3 Å². The molecule has 2 N–H and O–H groups in total. The number of hydrogen-bond acceptors (Lipinski definition) is 3.